The SMILES string of the molecule is N#C/C(=C/Nc1ccc(Cl)cc1)C(=O)Nc1ccc(Cl)cc1. The second-order valence-electron chi connectivity index (χ2n) is 4.28. The first kappa shape index (κ1) is 15.9. The summed E-state index contributed by atoms with van der Waals surface area (Å²) in [6, 6.07) is 15.4. The van der Waals surface area contributed by atoms with Crippen molar-refractivity contribution in [2.45, 2.75) is 0 Å². The molecule has 0 aliphatic carbocycles. The third-order valence-corrected chi connectivity index (χ3v) is 3.20. The Balaban J connectivity index is 2.05. The Morgan fingerprint density at radius 3 is 1.95 bits per heavy atom. The predicted octanol–water partition coefficient (Wildman–Crippen LogP) is 4.45. The highest BCUT2D eigenvalue weighted by Crippen LogP contribution is 2.15. The van der Waals surface area contributed by atoms with Crippen molar-refractivity contribution in [2.75, 3.05) is 10.6 Å². The molecule has 0 spiro atoms. The molecule has 0 fully saturated rings. The Kier molecular flexibility index (Phi) is 5.42. The van der Waals surface area contributed by atoms with Crippen LogP contribution in [0.15, 0.2) is 60.3 Å². The third kappa shape index (κ3) is 4.52. The van der Waals surface area contributed by atoms with Crippen molar-refractivity contribution in [3.05, 3.63) is 70.3 Å². The van der Waals surface area contributed by atoms with Gasteiger partial charge >= 0.3 is 0 Å². The molecule has 0 heterocycles. The smallest absolute Gasteiger partial charge is 0.267 e. The second kappa shape index (κ2) is 7.51. The Morgan fingerprint density at radius 2 is 1.45 bits per heavy atom. The fourth-order valence-electron chi connectivity index (χ4n) is 1.58. The first-order chi connectivity index (χ1) is 10.6. The van der Waals surface area contributed by atoms with Crippen molar-refractivity contribution < 1.29 is 4.79 Å². The van der Waals surface area contributed by atoms with Crippen LogP contribution < -0.4 is 10.6 Å². The maximum absolute atomic E-state index is 12.0. The lowest BCUT2D eigenvalue weighted by molar-refractivity contribution is -0.112. The van der Waals surface area contributed by atoms with Crippen molar-refractivity contribution in [1.29, 1.82) is 5.26 Å². The van der Waals surface area contributed by atoms with E-state index in [1.807, 2.05) is 6.07 Å². The van der Waals surface area contributed by atoms with Crippen molar-refractivity contribution in [3.63, 3.8) is 0 Å². The summed E-state index contributed by atoms with van der Waals surface area (Å²) in [4.78, 5) is 12.0. The van der Waals surface area contributed by atoms with E-state index >= 15 is 0 Å². The maximum Gasteiger partial charge on any atom is 0.267 e. The van der Waals surface area contributed by atoms with Crippen molar-refractivity contribution >= 4 is 40.5 Å². The summed E-state index contributed by atoms with van der Waals surface area (Å²) in [6.07, 6.45) is 1.34. The van der Waals surface area contributed by atoms with E-state index in [0.29, 0.717) is 15.7 Å². The Bertz CT molecular complexity index is 731. The molecule has 2 aromatic carbocycles. The summed E-state index contributed by atoms with van der Waals surface area (Å²) in [6.45, 7) is 0. The summed E-state index contributed by atoms with van der Waals surface area (Å²) in [5.41, 5.74) is 1.23. The lowest BCUT2D eigenvalue weighted by Gasteiger charge is -2.05. The fraction of sp³-hybridized carbons (Fsp3) is 0. The third-order valence-electron chi connectivity index (χ3n) is 2.69. The van der Waals surface area contributed by atoms with Crippen LogP contribution in [-0.2, 0) is 4.79 Å². The summed E-state index contributed by atoms with van der Waals surface area (Å²) in [7, 11) is 0. The first-order valence-electron chi connectivity index (χ1n) is 6.28. The molecular weight excluding hydrogens is 321 g/mol. The van der Waals surface area contributed by atoms with Gasteiger partial charge in [0.25, 0.3) is 5.91 Å². The Labute approximate surface area is 138 Å². The molecule has 2 N–H and O–H groups in total. The maximum atomic E-state index is 12.0. The van der Waals surface area contributed by atoms with E-state index in [-0.39, 0.29) is 5.57 Å². The van der Waals surface area contributed by atoms with Crippen LogP contribution in [0.1, 0.15) is 0 Å². The Morgan fingerprint density at radius 1 is 0.955 bits per heavy atom. The highest BCUT2D eigenvalue weighted by atomic mass is 35.5. The summed E-state index contributed by atoms with van der Waals surface area (Å²) < 4.78 is 0. The minimum Gasteiger partial charge on any atom is -0.360 e. The van der Waals surface area contributed by atoms with E-state index < -0.39 is 5.91 Å². The number of nitriles is 1. The number of hydrogen-bond acceptors (Lipinski definition) is 3. The number of carbonyl (C=O) groups excluding carboxylic acids is 1. The number of carbonyl (C=O) groups is 1. The number of rotatable bonds is 4. The number of nitrogens with one attached hydrogen (secondary N) is 2. The molecule has 1 amide bonds. The fourth-order valence-corrected chi connectivity index (χ4v) is 1.83. The normalized spacial score (nSPS) is 10.7. The van der Waals surface area contributed by atoms with Crippen LogP contribution in [0.2, 0.25) is 10.0 Å². The molecule has 0 unspecified atom stereocenters. The summed E-state index contributed by atoms with van der Waals surface area (Å²) in [5.74, 6) is -0.508. The first-order valence-corrected chi connectivity index (χ1v) is 7.03. The number of hydrogen-bond donors (Lipinski definition) is 2. The van der Waals surface area contributed by atoms with E-state index in [1.165, 1.54) is 6.20 Å². The van der Waals surface area contributed by atoms with Crippen molar-refractivity contribution in [3.8, 4) is 6.07 Å². The van der Waals surface area contributed by atoms with Crippen LogP contribution in [0.4, 0.5) is 11.4 Å². The van der Waals surface area contributed by atoms with E-state index in [9.17, 15) is 4.79 Å². The van der Waals surface area contributed by atoms with Gasteiger partial charge in [-0.05, 0) is 48.5 Å². The lowest BCUT2D eigenvalue weighted by Crippen LogP contribution is -2.14. The molecule has 4 nitrogen and oxygen atoms in total. The van der Waals surface area contributed by atoms with Gasteiger partial charge in [0, 0.05) is 27.6 Å². The number of nitrogens with zero attached hydrogens (tertiary/aromatic N) is 1. The second-order valence-corrected chi connectivity index (χ2v) is 5.15. The standard InChI is InChI=1S/C16H11Cl2N3O/c17-12-1-5-14(6-2-12)20-10-11(9-19)16(22)21-15-7-3-13(18)4-8-15/h1-8,10,20H,(H,21,22)/b11-10-. The zero-order valence-corrected chi connectivity index (χ0v) is 12.8. The summed E-state index contributed by atoms with van der Waals surface area (Å²) >= 11 is 11.6. The zero-order chi connectivity index (χ0) is 15.9. The number of anilines is 2. The molecule has 0 atom stereocenters. The molecule has 0 saturated heterocycles. The van der Waals surface area contributed by atoms with Crippen LogP contribution in [0.3, 0.4) is 0 Å². The Hall–Kier alpha value is -2.48. The summed E-state index contributed by atoms with van der Waals surface area (Å²) in [5, 5.41) is 15.7. The van der Waals surface area contributed by atoms with E-state index in [2.05, 4.69) is 10.6 Å². The quantitative estimate of drug-likeness (QED) is 0.642. The molecule has 22 heavy (non-hydrogen) atoms. The number of benzene rings is 2. The van der Waals surface area contributed by atoms with Crippen molar-refractivity contribution in [1.82, 2.24) is 0 Å². The molecule has 0 aliphatic rings. The molecule has 110 valence electrons. The van der Waals surface area contributed by atoms with Gasteiger partial charge in [-0.1, -0.05) is 23.2 Å². The van der Waals surface area contributed by atoms with E-state index in [4.69, 9.17) is 28.5 Å². The van der Waals surface area contributed by atoms with E-state index in [0.717, 1.165) is 5.69 Å². The van der Waals surface area contributed by atoms with Gasteiger partial charge in [0.15, 0.2) is 0 Å². The van der Waals surface area contributed by atoms with Crippen molar-refractivity contribution in [2.24, 2.45) is 0 Å². The van der Waals surface area contributed by atoms with Crippen LogP contribution in [0.5, 0.6) is 0 Å². The lowest BCUT2D eigenvalue weighted by atomic mass is 10.2. The molecule has 0 bridgehead atoms. The van der Waals surface area contributed by atoms with Crippen LogP contribution in [-0.4, -0.2) is 5.91 Å². The molecule has 2 rings (SSSR count). The van der Waals surface area contributed by atoms with Gasteiger partial charge in [-0.25, -0.2) is 0 Å². The molecule has 6 heteroatoms. The molecule has 2 aromatic rings. The zero-order valence-electron chi connectivity index (χ0n) is 11.3. The van der Waals surface area contributed by atoms with Gasteiger partial charge in [-0.3, -0.25) is 4.79 Å². The highest BCUT2D eigenvalue weighted by Gasteiger charge is 2.09. The van der Waals surface area contributed by atoms with Gasteiger partial charge < -0.3 is 10.6 Å². The van der Waals surface area contributed by atoms with Gasteiger partial charge in [0.2, 0.25) is 0 Å². The van der Waals surface area contributed by atoms with Crippen LogP contribution in [0, 0.1) is 11.3 Å². The minimum atomic E-state index is -0.508. The van der Waals surface area contributed by atoms with Crippen LogP contribution in [0.25, 0.3) is 0 Å². The van der Waals surface area contributed by atoms with E-state index in [1.54, 1.807) is 48.5 Å². The van der Waals surface area contributed by atoms with Gasteiger partial charge in [-0.15, -0.1) is 0 Å². The molecular formula is C16H11Cl2N3O. The van der Waals surface area contributed by atoms with Gasteiger partial charge in [0.05, 0.1) is 0 Å². The molecule has 0 radical (unpaired) electrons. The average molecular weight is 332 g/mol. The molecule has 0 saturated carbocycles. The molecule has 0 aliphatic heterocycles. The minimum absolute atomic E-state index is 0.0510. The predicted molar refractivity (Wildman–Crippen MR) is 88.9 cm³/mol. The molecule has 0 aromatic heterocycles. The largest absolute Gasteiger partial charge is 0.360 e. The average Bonchev–Trinajstić information content (AvgIpc) is 2.52. The van der Waals surface area contributed by atoms with Gasteiger partial charge in [0.1, 0.15) is 11.6 Å². The number of amides is 1. The monoisotopic (exact) mass is 331 g/mol. The number of halogens is 2. The van der Waals surface area contributed by atoms with Crippen LogP contribution >= 0.6 is 23.2 Å². The topological polar surface area (TPSA) is 64.9 Å². The van der Waals surface area contributed by atoms with Gasteiger partial charge in [-0.2, -0.15) is 5.26 Å². The highest BCUT2D eigenvalue weighted by molar-refractivity contribution is 6.31.